The minimum Gasteiger partial charge on any atom is -0.349 e. The minimum atomic E-state index is 0.168. The highest BCUT2D eigenvalue weighted by Gasteiger charge is 2.45. The number of piperidine rings is 1. The number of fused-ring (bicyclic) bond motifs is 2. The maximum Gasteiger partial charge on any atom is 0.220 e. The molecule has 1 atom stereocenters. The third kappa shape index (κ3) is 3.51. The van der Waals surface area contributed by atoms with Crippen molar-refractivity contribution in [1.82, 2.24) is 10.2 Å². The molecule has 1 fully saturated rings. The second kappa shape index (κ2) is 7.26. The number of hydrogen-bond donors (Lipinski definition) is 1. The van der Waals surface area contributed by atoms with Crippen molar-refractivity contribution in [2.45, 2.75) is 64.3 Å². The van der Waals surface area contributed by atoms with Gasteiger partial charge >= 0.3 is 0 Å². The quantitative estimate of drug-likeness (QED) is 0.885. The SMILES string of the molecule is CCC(=O)N[C@H]1CC2(CCN(CCC(C)C)CC2)c2ccccc21. The summed E-state index contributed by atoms with van der Waals surface area (Å²) in [6, 6.07) is 9.00. The van der Waals surface area contributed by atoms with Crippen LogP contribution in [0, 0.1) is 5.92 Å². The summed E-state index contributed by atoms with van der Waals surface area (Å²) in [5.41, 5.74) is 3.13. The molecular formula is C21H32N2O. The number of benzene rings is 1. The summed E-state index contributed by atoms with van der Waals surface area (Å²) >= 11 is 0. The lowest BCUT2D eigenvalue weighted by atomic mass is 9.73. The van der Waals surface area contributed by atoms with E-state index in [1.807, 2.05) is 6.92 Å². The third-order valence-electron chi connectivity index (χ3n) is 5.99. The zero-order valence-electron chi connectivity index (χ0n) is 15.5. The first kappa shape index (κ1) is 17.5. The van der Waals surface area contributed by atoms with E-state index in [4.69, 9.17) is 0 Å². The molecule has 0 radical (unpaired) electrons. The highest BCUT2D eigenvalue weighted by atomic mass is 16.1. The molecule has 1 aromatic carbocycles. The van der Waals surface area contributed by atoms with Crippen LogP contribution in [0.4, 0.5) is 0 Å². The number of carbonyl (C=O) groups is 1. The molecule has 3 heteroatoms. The van der Waals surface area contributed by atoms with Gasteiger partial charge in [0.25, 0.3) is 0 Å². The average molecular weight is 328 g/mol. The molecule has 0 unspecified atom stereocenters. The number of nitrogens with one attached hydrogen (secondary N) is 1. The molecule has 1 amide bonds. The highest BCUT2D eigenvalue weighted by molar-refractivity contribution is 5.76. The molecule has 0 saturated carbocycles. The first-order chi connectivity index (χ1) is 11.5. The van der Waals surface area contributed by atoms with E-state index in [1.54, 1.807) is 0 Å². The fraction of sp³-hybridized carbons (Fsp3) is 0.667. The van der Waals surface area contributed by atoms with E-state index in [0.29, 0.717) is 6.42 Å². The Morgan fingerprint density at radius 2 is 2.00 bits per heavy atom. The monoisotopic (exact) mass is 328 g/mol. The number of amides is 1. The molecule has 1 saturated heterocycles. The summed E-state index contributed by atoms with van der Waals surface area (Å²) in [5.74, 6) is 0.947. The fourth-order valence-electron chi connectivity index (χ4n) is 4.44. The summed E-state index contributed by atoms with van der Waals surface area (Å²) < 4.78 is 0. The van der Waals surface area contributed by atoms with Crippen molar-refractivity contribution in [3.63, 3.8) is 0 Å². The Kier molecular flexibility index (Phi) is 5.29. The Bertz CT molecular complexity index is 573. The van der Waals surface area contributed by atoms with Crippen LogP contribution in [0.1, 0.15) is 70.0 Å². The largest absolute Gasteiger partial charge is 0.349 e. The van der Waals surface area contributed by atoms with Crippen LogP contribution in [0.5, 0.6) is 0 Å². The molecule has 1 aliphatic heterocycles. The Hall–Kier alpha value is -1.35. The normalized spacial score (nSPS) is 22.8. The Morgan fingerprint density at radius 1 is 1.29 bits per heavy atom. The summed E-state index contributed by atoms with van der Waals surface area (Å²) in [4.78, 5) is 14.6. The van der Waals surface area contributed by atoms with E-state index in [2.05, 4.69) is 48.3 Å². The Morgan fingerprint density at radius 3 is 2.67 bits per heavy atom. The molecule has 132 valence electrons. The topological polar surface area (TPSA) is 32.3 Å². The molecule has 3 nitrogen and oxygen atoms in total. The lowest BCUT2D eigenvalue weighted by Crippen LogP contribution is -2.42. The van der Waals surface area contributed by atoms with E-state index >= 15 is 0 Å². The van der Waals surface area contributed by atoms with Crippen molar-refractivity contribution in [2.24, 2.45) is 5.92 Å². The van der Waals surface area contributed by atoms with E-state index in [1.165, 1.54) is 50.0 Å². The van der Waals surface area contributed by atoms with Gasteiger partial charge in [-0.15, -0.1) is 0 Å². The molecule has 24 heavy (non-hydrogen) atoms. The zero-order valence-corrected chi connectivity index (χ0v) is 15.5. The van der Waals surface area contributed by atoms with Gasteiger partial charge in [0.15, 0.2) is 0 Å². The molecule has 1 N–H and O–H groups in total. The van der Waals surface area contributed by atoms with E-state index in [-0.39, 0.29) is 17.4 Å². The highest BCUT2D eigenvalue weighted by Crippen LogP contribution is 2.50. The maximum absolute atomic E-state index is 11.9. The summed E-state index contributed by atoms with van der Waals surface area (Å²) in [7, 11) is 0. The van der Waals surface area contributed by atoms with E-state index in [9.17, 15) is 4.79 Å². The van der Waals surface area contributed by atoms with Crippen molar-refractivity contribution in [3.8, 4) is 0 Å². The van der Waals surface area contributed by atoms with Crippen LogP contribution in [0.15, 0.2) is 24.3 Å². The van der Waals surface area contributed by atoms with Crippen LogP contribution in [0.25, 0.3) is 0 Å². The smallest absolute Gasteiger partial charge is 0.220 e. The Balaban J connectivity index is 1.72. The van der Waals surface area contributed by atoms with Crippen molar-refractivity contribution in [1.29, 1.82) is 0 Å². The van der Waals surface area contributed by atoms with Gasteiger partial charge in [-0.3, -0.25) is 4.79 Å². The van der Waals surface area contributed by atoms with Crippen molar-refractivity contribution >= 4 is 5.91 Å². The van der Waals surface area contributed by atoms with Crippen molar-refractivity contribution < 1.29 is 4.79 Å². The summed E-state index contributed by atoms with van der Waals surface area (Å²) in [6.45, 7) is 10.1. The number of hydrogen-bond acceptors (Lipinski definition) is 2. The second-order valence-corrected chi connectivity index (χ2v) is 8.07. The standard InChI is InChI=1S/C21H32N2O/c1-4-20(24)22-19-15-21(18-8-6-5-7-17(18)19)10-13-23(14-11-21)12-9-16(2)3/h5-8,16,19H,4,9-15H2,1-3H3,(H,22,24)/t19-/m0/s1. The van der Waals surface area contributed by atoms with Gasteiger partial charge in [0, 0.05) is 11.8 Å². The van der Waals surface area contributed by atoms with Gasteiger partial charge in [0.2, 0.25) is 5.91 Å². The fourth-order valence-corrected chi connectivity index (χ4v) is 4.44. The van der Waals surface area contributed by atoms with Gasteiger partial charge in [-0.25, -0.2) is 0 Å². The number of carbonyl (C=O) groups excluding carboxylic acids is 1. The predicted octanol–water partition coefficient (Wildman–Crippen LogP) is 4.04. The zero-order chi connectivity index (χ0) is 17.2. The molecule has 1 heterocycles. The number of rotatable bonds is 5. The lowest BCUT2D eigenvalue weighted by Gasteiger charge is -2.40. The number of likely N-dealkylation sites (tertiary alicyclic amines) is 1. The summed E-state index contributed by atoms with van der Waals surface area (Å²) in [5, 5.41) is 3.26. The molecule has 0 bridgehead atoms. The first-order valence-corrected chi connectivity index (χ1v) is 9.65. The van der Waals surface area contributed by atoms with Crippen LogP contribution < -0.4 is 5.32 Å². The third-order valence-corrected chi connectivity index (χ3v) is 5.99. The second-order valence-electron chi connectivity index (χ2n) is 8.07. The van der Waals surface area contributed by atoms with Gasteiger partial charge in [-0.2, -0.15) is 0 Å². The molecule has 1 aliphatic carbocycles. The van der Waals surface area contributed by atoms with Crippen LogP contribution in [-0.2, 0) is 10.2 Å². The van der Waals surface area contributed by atoms with Gasteiger partial charge < -0.3 is 10.2 Å². The molecule has 2 aliphatic rings. The number of nitrogens with zero attached hydrogens (tertiary/aromatic N) is 1. The Labute approximate surface area is 146 Å². The van der Waals surface area contributed by atoms with Gasteiger partial charge in [0.1, 0.15) is 0 Å². The van der Waals surface area contributed by atoms with Crippen LogP contribution in [0.2, 0.25) is 0 Å². The van der Waals surface area contributed by atoms with Crippen molar-refractivity contribution in [2.75, 3.05) is 19.6 Å². The maximum atomic E-state index is 11.9. The molecule has 1 aromatic rings. The van der Waals surface area contributed by atoms with Crippen LogP contribution in [0.3, 0.4) is 0 Å². The summed E-state index contributed by atoms with van der Waals surface area (Å²) in [6.07, 6.45) is 5.38. The molecule has 3 rings (SSSR count). The molecule has 0 aromatic heterocycles. The lowest BCUT2D eigenvalue weighted by molar-refractivity contribution is -0.121. The average Bonchev–Trinajstić information content (AvgIpc) is 2.88. The van der Waals surface area contributed by atoms with Crippen molar-refractivity contribution in [3.05, 3.63) is 35.4 Å². The van der Waals surface area contributed by atoms with Gasteiger partial charge in [-0.05, 0) is 62.4 Å². The first-order valence-electron chi connectivity index (χ1n) is 9.65. The van der Waals surface area contributed by atoms with Gasteiger partial charge in [0.05, 0.1) is 6.04 Å². The minimum absolute atomic E-state index is 0.168. The van der Waals surface area contributed by atoms with E-state index < -0.39 is 0 Å². The molecular weight excluding hydrogens is 296 g/mol. The molecule has 1 spiro atoms. The predicted molar refractivity (Wildman–Crippen MR) is 99.0 cm³/mol. The van der Waals surface area contributed by atoms with E-state index in [0.717, 1.165) is 12.3 Å². The van der Waals surface area contributed by atoms with Crippen LogP contribution in [-0.4, -0.2) is 30.4 Å². The van der Waals surface area contributed by atoms with Gasteiger partial charge in [-0.1, -0.05) is 45.0 Å². The van der Waals surface area contributed by atoms with Crippen LogP contribution >= 0.6 is 0 Å².